The fraction of sp³-hybridized carbons (Fsp3) is 1.00. The molecular formula is C12H31NO2. The highest BCUT2D eigenvalue weighted by atomic mass is 16.5. The van der Waals surface area contributed by atoms with E-state index in [4.69, 9.17) is 9.47 Å². The summed E-state index contributed by atoms with van der Waals surface area (Å²) in [6.07, 6.45) is 1.31. The SMILES string of the molecule is CC.CCC(C)(C)C(COC)OC.CN. The van der Waals surface area contributed by atoms with Gasteiger partial charge in [0.05, 0.1) is 12.7 Å². The van der Waals surface area contributed by atoms with Crippen molar-refractivity contribution >= 4 is 0 Å². The number of hydrogen-bond acceptors (Lipinski definition) is 3. The molecule has 0 aromatic rings. The van der Waals surface area contributed by atoms with E-state index in [2.05, 4.69) is 26.5 Å². The van der Waals surface area contributed by atoms with Gasteiger partial charge in [-0.1, -0.05) is 34.6 Å². The molecule has 96 valence electrons. The van der Waals surface area contributed by atoms with Crippen LogP contribution in [0.15, 0.2) is 0 Å². The van der Waals surface area contributed by atoms with Crippen molar-refractivity contribution < 1.29 is 9.47 Å². The Hall–Kier alpha value is -0.120. The Morgan fingerprint density at radius 3 is 1.73 bits per heavy atom. The summed E-state index contributed by atoms with van der Waals surface area (Å²) in [7, 11) is 4.94. The molecule has 0 amide bonds. The predicted octanol–water partition coefficient (Wildman–Crippen LogP) is 2.69. The van der Waals surface area contributed by atoms with E-state index in [1.54, 1.807) is 14.2 Å². The van der Waals surface area contributed by atoms with Crippen molar-refractivity contribution in [1.82, 2.24) is 0 Å². The minimum absolute atomic E-state index is 0.206. The molecule has 15 heavy (non-hydrogen) atoms. The highest BCUT2D eigenvalue weighted by Gasteiger charge is 2.27. The second kappa shape index (κ2) is 13.9. The molecule has 0 fully saturated rings. The summed E-state index contributed by atoms with van der Waals surface area (Å²) in [6, 6.07) is 0. The van der Waals surface area contributed by atoms with Crippen molar-refractivity contribution in [3.8, 4) is 0 Å². The van der Waals surface area contributed by atoms with Crippen LogP contribution in [0, 0.1) is 5.41 Å². The van der Waals surface area contributed by atoms with Gasteiger partial charge in [-0.3, -0.25) is 0 Å². The molecule has 0 bridgehead atoms. The van der Waals surface area contributed by atoms with Crippen molar-refractivity contribution in [2.24, 2.45) is 11.1 Å². The van der Waals surface area contributed by atoms with Crippen LogP contribution in [0.4, 0.5) is 0 Å². The van der Waals surface area contributed by atoms with Gasteiger partial charge in [-0.25, -0.2) is 0 Å². The normalized spacial score (nSPS) is 11.8. The summed E-state index contributed by atoms with van der Waals surface area (Å²) in [5, 5.41) is 0. The molecule has 0 heterocycles. The average Bonchev–Trinajstić information content (AvgIpc) is 2.31. The van der Waals surface area contributed by atoms with Gasteiger partial charge in [0.2, 0.25) is 0 Å². The van der Waals surface area contributed by atoms with Crippen LogP contribution in [0.25, 0.3) is 0 Å². The molecular weight excluding hydrogens is 190 g/mol. The van der Waals surface area contributed by atoms with Gasteiger partial charge in [0.25, 0.3) is 0 Å². The van der Waals surface area contributed by atoms with E-state index in [9.17, 15) is 0 Å². The van der Waals surface area contributed by atoms with Crippen LogP contribution in [0.3, 0.4) is 0 Å². The lowest BCUT2D eigenvalue weighted by Crippen LogP contribution is -2.34. The third kappa shape index (κ3) is 10.2. The van der Waals surface area contributed by atoms with Crippen molar-refractivity contribution in [1.29, 1.82) is 0 Å². The molecule has 3 nitrogen and oxygen atoms in total. The van der Waals surface area contributed by atoms with Gasteiger partial charge in [0.1, 0.15) is 0 Å². The topological polar surface area (TPSA) is 44.5 Å². The van der Waals surface area contributed by atoms with Crippen LogP contribution in [-0.4, -0.2) is 34.0 Å². The van der Waals surface area contributed by atoms with Gasteiger partial charge >= 0.3 is 0 Å². The molecule has 0 rings (SSSR count). The molecule has 0 aliphatic heterocycles. The Morgan fingerprint density at radius 2 is 1.53 bits per heavy atom. The zero-order valence-corrected chi connectivity index (χ0v) is 11.9. The molecule has 0 radical (unpaired) electrons. The lowest BCUT2D eigenvalue weighted by atomic mass is 9.84. The van der Waals surface area contributed by atoms with Gasteiger partial charge < -0.3 is 15.2 Å². The van der Waals surface area contributed by atoms with E-state index in [-0.39, 0.29) is 11.5 Å². The Bertz CT molecular complexity index is 106. The Balaban J connectivity index is -0.000000318. The number of rotatable bonds is 5. The van der Waals surface area contributed by atoms with Gasteiger partial charge in [0.15, 0.2) is 0 Å². The molecule has 0 saturated heterocycles. The predicted molar refractivity (Wildman–Crippen MR) is 68.2 cm³/mol. The van der Waals surface area contributed by atoms with Crippen LogP contribution in [0.5, 0.6) is 0 Å². The summed E-state index contributed by atoms with van der Waals surface area (Å²) < 4.78 is 10.4. The molecule has 1 unspecified atom stereocenters. The summed E-state index contributed by atoms with van der Waals surface area (Å²) in [5.41, 5.74) is 4.71. The molecule has 0 aromatic heterocycles. The maximum Gasteiger partial charge on any atom is 0.0855 e. The fourth-order valence-corrected chi connectivity index (χ4v) is 0.992. The molecule has 2 N–H and O–H groups in total. The minimum atomic E-state index is 0.206. The first-order valence-corrected chi connectivity index (χ1v) is 5.68. The molecule has 0 aliphatic carbocycles. The van der Waals surface area contributed by atoms with E-state index < -0.39 is 0 Å². The van der Waals surface area contributed by atoms with E-state index in [0.29, 0.717) is 6.61 Å². The maximum atomic E-state index is 5.32. The third-order valence-electron chi connectivity index (χ3n) is 2.39. The van der Waals surface area contributed by atoms with Crippen molar-refractivity contribution in [3.05, 3.63) is 0 Å². The zero-order valence-electron chi connectivity index (χ0n) is 11.9. The monoisotopic (exact) mass is 221 g/mol. The summed E-state index contributed by atoms with van der Waals surface area (Å²) in [5.74, 6) is 0. The quantitative estimate of drug-likeness (QED) is 0.776. The zero-order chi connectivity index (χ0) is 12.9. The minimum Gasteiger partial charge on any atom is -0.382 e. The van der Waals surface area contributed by atoms with Gasteiger partial charge in [-0.15, -0.1) is 0 Å². The lowest BCUT2D eigenvalue weighted by molar-refractivity contribution is -0.0435. The first-order chi connectivity index (χ1) is 7.08. The Morgan fingerprint density at radius 1 is 1.13 bits per heavy atom. The lowest BCUT2D eigenvalue weighted by Gasteiger charge is -2.31. The van der Waals surface area contributed by atoms with Crippen LogP contribution >= 0.6 is 0 Å². The second-order valence-electron chi connectivity index (χ2n) is 3.52. The smallest absolute Gasteiger partial charge is 0.0855 e. The molecule has 0 spiro atoms. The molecule has 1 atom stereocenters. The first kappa shape index (κ1) is 20.3. The van der Waals surface area contributed by atoms with Crippen LogP contribution in [-0.2, 0) is 9.47 Å². The van der Waals surface area contributed by atoms with E-state index >= 15 is 0 Å². The third-order valence-corrected chi connectivity index (χ3v) is 2.39. The average molecular weight is 221 g/mol. The van der Waals surface area contributed by atoms with Crippen LogP contribution in [0.2, 0.25) is 0 Å². The summed E-state index contributed by atoms with van der Waals surface area (Å²) >= 11 is 0. The van der Waals surface area contributed by atoms with Crippen LogP contribution < -0.4 is 5.73 Å². The standard InChI is InChI=1S/C9H20O2.C2H6.CH5N/c1-6-9(2,3)8(11-5)7-10-4;2*1-2/h8H,6-7H2,1-5H3;1-2H3;2H2,1H3. The van der Waals surface area contributed by atoms with Crippen molar-refractivity contribution in [2.45, 2.75) is 47.1 Å². The van der Waals surface area contributed by atoms with E-state index in [1.807, 2.05) is 13.8 Å². The molecule has 0 aromatic carbocycles. The van der Waals surface area contributed by atoms with Crippen molar-refractivity contribution in [3.63, 3.8) is 0 Å². The van der Waals surface area contributed by atoms with E-state index in [1.165, 1.54) is 7.05 Å². The summed E-state index contributed by atoms with van der Waals surface area (Å²) in [6.45, 7) is 11.2. The number of nitrogens with two attached hydrogens (primary N) is 1. The Kier molecular flexibility index (Phi) is 18.8. The molecule has 3 heteroatoms. The van der Waals surface area contributed by atoms with Gasteiger partial charge in [0, 0.05) is 14.2 Å². The fourth-order valence-electron chi connectivity index (χ4n) is 0.992. The van der Waals surface area contributed by atoms with Crippen molar-refractivity contribution in [2.75, 3.05) is 27.9 Å². The second-order valence-corrected chi connectivity index (χ2v) is 3.52. The highest BCUT2D eigenvalue weighted by molar-refractivity contribution is 4.76. The largest absolute Gasteiger partial charge is 0.382 e. The highest BCUT2D eigenvalue weighted by Crippen LogP contribution is 2.26. The molecule has 0 aliphatic rings. The Labute approximate surface area is 96.3 Å². The number of methoxy groups -OCH3 is 2. The van der Waals surface area contributed by atoms with Crippen LogP contribution in [0.1, 0.15) is 41.0 Å². The maximum absolute atomic E-state index is 5.32. The number of ether oxygens (including phenoxy) is 2. The first-order valence-electron chi connectivity index (χ1n) is 5.68. The number of hydrogen-bond donors (Lipinski definition) is 1. The van der Waals surface area contributed by atoms with Gasteiger partial charge in [-0.05, 0) is 18.9 Å². The summed E-state index contributed by atoms with van der Waals surface area (Å²) in [4.78, 5) is 0. The van der Waals surface area contributed by atoms with E-state index in [0.717, 1.165) is 6.42 Å². The molecule has 0 saturated carbocycles. The van der Waals surface area contributed by atoms with Gasteiger partial charge in [-0.2, -0.15) is 0 Å².